The number of ketones is 1. The lowest BCUT2D eigenvalue weighted by Crippen LogP contribution is -2.00. The largest absolute Gasteiger partial charge is 0.289 e. The maximum absolute atomic E-state index is 12.4. The standard InChI is InChI=1S/C21H20O/c1-4-18(21(22)20-8-6-5-7-9-20)15-12-17(3)19-13-10-16(2)11-14-19/h4-15H,3H2,1-2H3/b15-12-,18-4+. The summed E-state index contributed by atoms with van der Waals surface area (Å²) in [5.74, 6) is 0.0241. The molecule has 2 aromatic carbocycles. The predicted molar refractivity (Wildman–Crippen MR) is 93.9 cm³/mol. The van der Waals surface area contributed by atoms with Gasteiger partial charge in [0.1, 0.15) is 0 Å². The van der Waals surface area contributed by atoms with Crippen LogP contribution in [0.5, 0.6) is 0 Å². The summed E-state index contributed by atoms with van der Waals surface area (Å²) in [5, 5.41) is 0. The lowest BCUT2D eigenvalue weighted by Gasteiger charge is -2.03. The second kappa shape index (κ2) is 7.37. The minimum Gasteiger partial charge on any atom is -0.289 e. The van der Waals surface area contributed by atoms with Gasteiger partial charge in [0, 0.05) is 11.1 Å². The van der Waals surface area contributed by atoms with Gasteiger partial charge >= 0.3 is 0 Å². The monoisotopic (exact) mass is 288 g/mol. The first kappa shape index (κ1) is 15.7. The molecule has 0 bridgehead atoms. The van der Waals surface area contributed by atoms with Crippen LogP contribution in [0.4, 0.5) is 0 Å². The molecule has 0 aromatic heterocycles. The second-order valence-corrected chi connectivity index (χ2v) is 5.16. The van der Waals surface area contributed by atoms with Crippen LogP contribution in [0.15, 0.2) is 85.0 Å². The van der Waals surface area contributed by atoms with Crippen LogP contribution in [-0.4, -0.2) is 5.78 Å². The summed E-state index contributed by atoms with van der Waals surface area (Å²) in [7, 11) is 0. The average molecular weight is 288 g/mol. The topological polar surface area (TPSA) is 17.1 Å². The Hall–Kier alpha value is -2.67. The Morgan fingerprint density at radius 2 is 1.55 bits per heavy atom. The van der Waals surface area contributed by atoms with Gasteiger partial charge in [-0.2, -0.15) is 0 Å². The van der Waals surface area contributed by atoms with Crippen molar-refractivity contribution < 1.29 is 4.79 Å². The van der Waals surface area contributed by atoms with Gasteiger partial charge in [0.2, 0.25) is 0 Å². The third-order valence-electron chi connectivity index (χ3n) is 3.50. The van der Waals surface area contributed by atoms with Crippen molar-refractivity contribution in [2.45, 2.75) is 13.8 Å². The molecule has 1 heteroatoms. The number of carbonyl (C=O) groups is 1. The Morgan fingerprint density at radius 3 is 2.14 bits per heavy atom. The van der Waals surface area contributed by atoms with Crippen molar-refractivity contribution in [1.29, 1.82) is 0 Å². The number of rotatable bonds is 5. The molecule has 0 aliphatic heterocycles. The van der Waals surface area contributed by atoms with E-state index in [9.17, 15) is 4.79 Å². The van der Waals surface area contributed by atoms with E-state index in [-0.39, 0.29) is 5.78 Å². The fraction of sp³-hybridized carbons (Fsp3) is 0.0952. The highest BCUT2D eigenvalue weighted by atomic mass is 16.1. The number of Topliss-reactive ketones (excluding diaryl/α,β-unsaturated/α-hetero) is 1. The normalized spacial score (nSPS) is 11.6. The molecule has 0 saturated carbocycles. The van der Waals surface area contributed by atoms with Crippen LogP contribution >= 0.6 is 0 Å². The van der Waals surface area contributed by atoms with Gasteiger partial charge in [0.05, 0.1) is 0 Å². The molecule has 0 unspecified atom stereocenters. The minimum absolute atomic E-state index is 0.0241. The van der Waals surface area contributed by atoms with Crippen LogP contribution in [0.2, 0.25) is 0 Å². The molecule has 0 aliphatic rings. The van der Waals surface area contributed by atoms with Gasteiger partial charge in [-0.25, -0.2) is 0 Å². The van der Waals surface area contributed by atoms with Crippen LogP contribution < -0.4 is 0 Å². The van der Waals surface area contributed by atoms with Crippen molar-refractivity contribution in [3.63, 3.8) is 0 Å². The molecule has 22 heavy (non-hydrogen) atoms. The van der Waals surface area contributed by atoms with E-state index in [1.807, 2.05) is 67.6 Å². The number of carbonyl (C=O) groups excluding carboxylic acids is 1. The van der Waals surface area contributed by atoms with Crippen LogP contribution in [0.1, 0.15) is 28.4 Å². The number of benzene rings is 2. The summed E-state index contributed by atoms with van der Waals surface area (Å²) < 4.78 is 0. The zero-order valence-electron chi connectivity index (χ0n) is 13.0. The summed E-state index contributed by atoms with van der Waals surface area (Å²) in [6.45, 7) is 7.99. The average Bonchev–Trinajstić information content (AvgIpc) is 2.56. The Kier molecular flexibility index (Phi) is 5.26. The molecular formula is C21H20O. The van der Waals surface area contributed by atoms with Crippen LogP contribution in [0.3, 0.4) is 0 Å². The molecule has 0 aliphatic carbocycles. The number of hydrogen-bond acceptors (Lipinski definition) is 1. The Balaban J connectivity index is 2.15. The van der Waals surface area contributed by atoms with Crippen LogP contribution in [0, 0.1) is 6.92 Å². The highest BCUT2D eigenvalue weighted by Crippen LogP contribution is 2.17. The van der Waals surface area contributed by atoms with Crippen LogP contribution in [-0.2, 0) is 0 Å². The molecule has 0 atom stereocenters. The fourth-order valence-corrected chi connectivity index (χ4v) is 2.11. The molecule has 0 amide bonds. The molecular weight excluding hydrogens is 268 g/mol. The lowest BCUT2D eigenvalue weighted by molar-refractivity contribution is 0.103. The SMILES string of the molecule is C=C(/C=C\C(=C/C)C(=O)c1ccccc1)c1ccc(C)cc1. The third kappa shape index (κ3) is 3.92. The molecule has 0 radical (unpaired) electrons. The van der Waals surface area contributed by atoms with Crippen molar-refractivity contribution in [3.8, 4) is 0 Å². The quantitative estimate of drug-likeness (QED) is 0.409. The van der Waals surface area contributed by atoms with Crippen molar-refractivity contribution in [3.05, 3.63) is 102 Å². The fourth-order valence-electron chi connectivity index (χ4n) is 2.11. The minimum atomic E-state index is 0.0241. The first-order valence-corrected chi connectivity index (χ1v) is 7.32. The molecule has 2 rings (SSSR count). The molecule has 0 saturated heterocycles. The van der Waals surface area contributed by atoms with Gasteiger partial charge in [0.25, 0.3) is 0 Å². The lowest BCUT2D eigenvalue weighted by atomic mass is 10.0. The maximum Gasteiger partial charge on any atom is 0.192 e. The first-order valence-electron chi connectivity index (χ1n) is 7.32. The Morgan fingerprint density at radius 1 is 0.909 bits per heavy atom. The predicted octanol–water partition coefficient (Wildman–Crippen LogP) is 5.39. The van der Waals surface area contributed by atoms with E-state index in [4.69, 9.17) is 0 Å². The number of aryl methyl sites for hydroxylation is 1. The summed E-state index contributed by atoms with van der Waals surface area (Å²) in [6, 6.07) is 17.5. The second-order valence-electron chi connectivity index (χ2n) is 5.16. The molecule has 110 valence electrons. The van der Waals surface area contributed by atoms with E-state index in [1.54, 1.807) is 0 Å². The molecule has 0 heterocycles. The van der Waals surface area contributed by atoms with E-state index in [0.29, 0.717) is 11.1 Å². The highest BCUT2D eigenvalue weighted by molar-refractivity contribution is 6.10. The highest BCUT2D eigenvalue weighted by Gasteiger charge is 2.08. The summed E-state index contributed by atoms with van der Waals surface area (Å²) >= 11 is 0. The van der Waals surface area contributed by atoms with E-state index in [1.165, 1.54) is 5.56 Å². The van der Waals surface area contributed by atoms with Gasteiger partial charge < -0.3 is 0 Å². The van der Waals surface area contributed by atoms with E-state index >= 15 is 0 Å². The molecule has 2 aromatic rings. The third-order valence-corrected chi connectivity index (χ3v) is 3.50. The van der Waals surface area contributed by atoms with Gasteiger partial charge in [-0.05, 0) is 25.0 Å². The van der Waals surface area contributed by atoms with Crippen molar-refractivity contribution in [1.82, 2.24) is 0 Å². The molecule has 0 spiro atoms. The zero-order valence-corrected chi connectivity index (χ0v) is 13.0. The smallest absolute Gasteiger partial charge is 0.192 e. The van der Waals surface area contributed by atoms with E-state index < -0.39 is 0 Å². The molecule has 0 N–H and O–H groups in total. The van der Waals surface area contributed by atoms with E-state index in [0.717, 1.165) is 11.1 Å². The van der Waals surface area contributed by atoms with Crippen molar-refractivity contribution in [2.24, 2.45) is 0 Å². The van der Waals surface area contributed by atoms with E-state index in [2.05, 4.69) is 25.6 Å². The number of allylic oxidation sites excluding steroid dienone is 5. The summed E-state index contributed by atoms with van der Waals surface area (Å²) in [5.41, 5.74) is 4.53. The molecule has 1 nitrogen and oxygen atoms in total. The maximum atomic E-state index is 12.4. The van der Waals surface area contributed by atoms with Crippen LogP contribution in [0.25, 0.3) is 5.57 Å². The van der Waals surface area contributed by atoms with Crippen molar-refractivity contribution in [2.75, 3.05) is 0 Å². The van der Waals surface area contributed by atoms with Gasteiger partial charge in [0.15, 0.2) is 5.78 Å². The van der Waals surface area contributed by atoms with Gasteiger partial charge in [-0.15, -0.1) is 0 Å². The summed E-state index contributed by atoms with van der Waals surface area (Å²) in [4.78, 5) is 12.4. The van der Waals surface area contributed by atoms with Gasteiger partial charge in [-0.1, -0.05) is 85.0 Å². The Labute approximate surface area is 132 Å². The Bertz CT molecular complexity index is 716. The number of hydrogen-bond donors (Lipinski definition) is 0. The zero-order chi connectivity index (χ0) is 15.9. The first-order chi connectivity index (χ1) is 10.6. The molecule has 0 fully saturated rings. The van der Waals surface area contributed by atoms with Crippen molar-refractivity contribution >= 4 is 11.4 Å². The summed E-state index contributed by atoms with van der Waals surface area (Å²) in [6.07, 6.45) is 5.55. The van der Waals surface area contributed by atoms with Gasteiger partial charge in [-0.3, -0.25) is 4.79 Å².